The summed E-state index contributed by atoms with van der Waals surface area (Å²) < 4.78 is 13.2. The first-order valence-corrected chi connectivity index (χ1v) is 5.12. The van der Waals surface area contributed by atoms with Gasteiger partial charge in [-0.1, -0.05) is 0 Å². The molecule has 0 fully saturated rings. The van der Waals surface area contributed by atoms with E-state index in [9.17, 15) is 14.5 Å². The molecule has 0 aliphatic carbocycles. The zero-order valence-electron chi connectivity index (χ0n) is 9.26. The van der Waals surface area contributed by atoms with Crippen LogP contribution in [-0.4, -0.2) is 4.92 Å². The molecule has 0 unspecified atom stereocenters. The molecule has 0 atom stereocenters. The molecule has 18 heavy (non-hydrogen) atoms. The molecule has 3 N–H and O–H groups in total. The summed E-state index contributed by atoms with van der Waals surface area (Å²) >= 11 is 0. The molecule has 0 aromatic heterocycles. The fraction of sp³-hybridized carbons (Fsp3) is 0. The SMILES string of the molecule is Nc1ccc(Nc2cc(F)cc([N+](=O)[O-])c2)cc1. The van der Waals surface area contributed by atoms with E-state index in [4.69, 9.17) is 5.73 Å². The van der Waals surface area contributed by atoms with Crippen LogP contribution in [0, 0.1) is 15.9 Å². The topological polar surface area (TPSA) is 81.2 Å². The largest absolute Gasteiger partial charge is 0.399 e. The molecule has 0 spiro atoms. The molecule has 0 heterocycles. The number of benzene rings is 2. The molecule has 2 rings (SSSR count). The number of hydrogen-bond donors (Lipinski definition) is 2. The molecular weight excluding hydrogens is 237 g/mol. The van der Waals surface area contributed by atoms with Gasteiger partial charge in [-0.15, -0.1) is 0 Å². The van der Waals surface area contributed by atoms with Gasteiger partial charge < -0.3 is 11.1 Å². The minimum absolute atomic E-state index is 0.298. The molecule has 0 aliphatic rings. The van der Waals surface area contributed by atoms with Gasteiger partial charge in [-0.3, -0.25) is 10.1 Å². The van der Waals surface area contributed by atoms with Crippen LogP contribution in [0.2, 0.25) is 0 Å². The molecular formula is C12H10FN3O2. The Balaban J connectivity index is 2.28. The van der Waals surface area contributed by atoms with Crippen LogP contribution in [0.3, 0.4) is 0 Å². The van der Waals surface area contributed by atoms with Crippen molar-refractivity contribution in [2.75, 3.05) is 11.1 Å². The highest BCUT2D eigenvalue weighted by molar-refractivity contribution is 5.64. The number of rotatable bonds is 3. The van der Waals surface area contributed by atoms with Crippen LogP contribution in [0.5, 0.6) is 0 Å². The second-order valence-corrected chi connectivity index (χ2v) is 3.70. The van der Waals surface area contributed by atoms with E-state index in [1.807, 2.05) is 0 Å². The number of nitrogens with one attached hydrogen (secondary N) is 1. The van der Waals surface area contributed by atoms with E-state index < -0.39 is 10.7 Å². The van der Waals surface area contributed by atoms with E-state index in [0.29, 0.717) is 17.1 Å². The molecule has 0 saturated carbocycles. The van der Waals surface area contributed by atoms with Gasteiger partial charge in [-0.2, -0.15) is 0 Å². The van der Waals surface area contributed by atoms with Crippen LogP contribution >= 0.6 is 0 Å². The van der Waals surface area contributed by atoms with E-state index in [0.717, 1.165) is 6.07 Å². The van der Waals surface area contributed by atoms with Gasteiger partial charge in [0.05, 0.1) is 11.0 Å². The average molecular weight is 247 g/mol. The number of nitro groups is 1. The van der Waals surface area contributed by atoms with Crippen LogP contribution in [-0.2, 0) is 0 Å². The van der Waals surface area contributed by atoms with Gasteiger partial charge in [0.2, 0.25) is 0 Å². The van der Waals surface area contributed by atoms with Gasteiger partial charge in [-0.05, 0) is 30.3 Å². The second kappa shape index (κ2) is 4.70. The number of halogens is 1. The molecule has 5 nitrogen and oxygen atoms in total. The smallest absolute Gasteiger partial charge is 0.274 e. The van der Waals surface area contributed by atoms with Crippen molar-refractivity contribution in [3.05, 3.63) is 58.4 Å². The minimum Gasteiger partial charge on any atom is -0.399 e. The fourth-order valence-electron chi connectivity index (χ4n) is 1.48. The lowest BCUT2D eigenvalue weighted by Crippen LogP contribution is -1.95. The Morgan fingerprint density at radius 3 is 2.39 bits per heavy atom. The van der Waals surface area contributed by atoms with E-state index in [2.05, 4.69) is 5.32 Å². The zero-order valence-corrected chi connectivity index (χ0v) is 9.26. The van der Waals surface area contributed by atoms with Crippen molar-refractivity contribution in [2.24, 2.45) is 0 Å². The summed E-state index contributed by atoms with van der Waals surface area (Å²) in [6, 6.07) is 10.1. The van der Waals surface area contributed by atoms with E-state index in [-0.39, 0.29) is 5.69 Å². The summed E-state index contributed by atoms with van der Waals surface area (Å²) in [6.45, 7) is 0. The van der Waals surface area contributed by atoms with Crippen LogP contribution < -0.4 is 11.1 Å². The maximum Gasteiger partial charge on any atom is 0.274 e. The van der Waals surface area contributed by atoms with E-state index in [1.54, 1.807) is 24.3 Å². The summed E-state index contributed by atoms with van der Waals surface area (Å²) in [5, 5.41) is 13.5. The van der Waals surface area contributed by atoms with Crippen LogP contribution in [0.1, 0.15) is 0 Å². The third-order valence-corrected chi connectivity index (χ3v) is 2.29. The van der Waals surface area contributed by atoms with Gasteiger partial charge in [0, 0.05) is 23.1 Å². The van der Waals surface area contributed by atoms with Gasteiger partial charge >= 0.3 is 0 Å². The summed E-state index contributed by atoms with van der Waals surface area (Å²) in [6.07, 6.45) is 0. The molecule has 0 saturated heterocycles. The number of non-ortho nitro benzene ring substituents is 1. The Bertz CT molecular complexity index is 584. The van der Waals surface area contributed by atoms with Crippen LogP contribution in [0.15, 0.2) is 42.5 Å². The van der Waals surface area contributed by atoms with Crippen molar-refractivity contribution in [3.63, 3.8) is 0 Å². The fourth-order valence-corrected chi connectivity index (χ4v) is 1.48. The Hall–Kier alpha value is -2.63. The third kappa shape index (κ3) is 2.73. The molecule has 2 aromatic carbocycles. The van der Waals surface area contributed by atoms with Crippen molar-refractivity contribution in [1.29, 1.82) is 0 Å². The maximum absolute atomic E-state index is 13.2. The second-order valence-electron chi connectivity index (χ2n) is 3.70. The third-order valence-electron chi connectivity index (χ3n) is 2.29. The molecule has 6 heteroatoms. The summed E-state index contributed by atoms with van der Waals surface area (Å²) in [7, 11) is 0. The first-order chi connectivity index (χ1) is 8.54. The Morgan fingerprint density at radius 2 is 1.78 bits per heavy atom. The lowest BCUT2D eigenvalue weighted by Gasteiger charge is -2.06. The predicted octanol–water partition coefficient (Wildman–Crippen LogP) is 3.06. The van der Waals surface area contributed by atoms with Crippen molar-refractivity contribution in [2.45, 2.75) is 0 Å². The standard InChI is InChI=1S/C12H10FN3O2/c13-8-5-11(7-12(6-8)16(17)18)15-10-3-1-9(14)2-4-10/h1-7,15H,14H2. The molecule has 0 aliphatic heterocycles. The lowest BCUT2D eigenvalue weighted by molar-refractivity contribution is -0.385. The highest BCUT2D eigenvalue weighted by Crippen LogP contribution is 2.23. The van der Waals surface area contributed by atoms with E-state index >= 15 is 0 Å². The first-order valence-electron chi connectivity index (χ1n) is 5.12. The summed E-state index contributed by atoms with van der Waals surface area (Å²) in [5.74, 6) is -0.665. The average Bonchev–Trinajstić information content (AvgIpc) is 2.31. The molecule has 92 valence electrons. The van der Waals surface area contributed by atoms with Crippen molar-refractivity contribution in [1.82, 2.24) is 0 Å². The molecule has 0 bridgehead atoms. The Kier molecular flexibility index (Phi) is 3.09. The van der Waals surface area contributed by atoms with Crippen molar-refractivity contribution in [3.8, 4) is 0 Å². The number of nitrogens with zero attached hydrogens (tertiary/aromatic N) is 1. The predicted molar refractivity (Wildman–Crippen MR) is 67.2 cm³/mol. The quantitative estimate of drug-likeness (QED) is 0.496. The number of anilines is 3. The van der Waals surface area contributed by atoms with E-state index in [1.165, 1.54) is 12.1 Å². The minimum atomic E-state index is -0.665. The van der Waals surface area contributed by atoms with Crippen molar-refractivity contribution >= 4 is 22.7 Å². The Morgan fingerprint density at radius 1 is 1.11 bits per heavy atom. The maximum atomic E-state index is 13.2. The summed E-state index contributed by atoms with van der Waals surface area (Å²) in [5.41, 5.74) is 6.82. The molecule has 0 radical (unpaired) electrons. The van der Waals surface area contributed by atoms with Gasteiger partial charge in [0.1, 0.15) is 5.82 Å². The number of nitro benzene ring substituents is 1. The summed E-state index contributed by atoms with van der Waals surface area (Å²) in [4.78, 5) is 9.96. The molecule has 0 amide bonds. The number of nitrogens with two attached hydrogens (primary N) is 1. The van der Waals surface area contributed by atoms with Gasteiger partial charge in [0.25, 0.3) is 5.69 Å². The lowest BCUT2D eigenvalue weighted by atomic mass is 10.2. The van der Waals surface area contributed by atoms with Crippen molar-refractivity contribution < 1.29 is 9.31 Å². The highest BCUT2D eigenvalue weighted by Gasteiger charge is 2.09. The molecule has 2 aromatic rings. The number of nitrogen functional groups attached to an aromatic ring is 1. The van der Waals surface area contributed by atoms with Crippen LogP contribution in [0.4, 0.5) is 27.1 Å². The zero-order chi connectivity index (χ0) is 13.1. The highest BCUT2D eigenvalue weighted by atomic mass is 19.1. The van der Waals surface area contributed by atoms with Gasteiger partial charge in [0.15, 0.2) is 0 Å². The first kappa shape index (κ1) is 11.8. The number of hydrogen-bond acceptors (Lipinski definition) is 4. The van der Waals surface area contributed by atoms with Gasteiger partial charge in [-0.25, -0.2) is 4.39 Å². The van der Waals surface area contributed by atoms with Crippen LogP contribution in [0.25, 0.3) is 0 Å². The monoisotopic (exact) mass is 247 g/mol. The Labute approximate surface area is 102 Å². The normalized spacial score (nSPS) is 10.1.